The standard InChI is InChI=1S/C11H22N2O3S/c12-9-1-3-10(4-2-9)16-8-7-13-17(14,15)11-5-6-11/h9-11,13H,1-8,12H2. The fourth-order valence-corrected chi connectivity index (χ4v) is 3.52. The summed E-state index contributed by atoms with van der Waals surface area (Å²) in [7, 11) is -3.05. The zero-order valence-electron chi connectivity index (χ0n) is 10.1. The molecule has 2 rings (SSSR count). The summed E-state index contributed by atoms with van der Waals surface area (Å²) in [6.45, 7) is 0.854. The van der Waals surface area contributed by atoms with Crippen molar-refractivity contribution >= 4 is 10.0 Å². The summed E-state index contributed by atoms with van der Waals surface area (Å²) in [5.74, 6) is 0. The van der Waals surface area contributed by atoms with Crippen molar-refractivity contribution in [3.05, 3.63) is 0 Å². The summed E-state index contributed by atoms with van der Waals surface area (Å²) in [4.78, 5) is 0. The molecular formula is C11H22N2O3S. The molecule has 100 valence electrons. The van der Waals surface area contributed by atoms with Gasteiger partial charge in [0.1, 0.15) is 0 Å². The van der Waals surface area contributed by atoms with E-state index >= 15 is 0 Å². The first-order chi connectivity index (χ1) is 8.08. The fourth-order valence-electron chi connectivity index (χ4n) is 2.16. The van der Waals surface area contributed by atoms with Gasteiger partial charge in [0.2, 0.25) is 10.0 Å². The van der Waals surface area contributed by atoms with Crippen molar-refractivity contribution < 1.29 is 13.2 Å². The van der Waals surface area contributed by atoms with Gasteiger partial charge in [-0.1, -0.05) is 0 Å². The summed E-state index contributed by atoms with van der Waals surface area (Å²) in [6.07, 6.45) is 5.89. The van der Waals surface area contributed by atoms with Gasteiger partial charge in [-0.25, -0.2) is 13.1 Å². The molecule has 2 saturated carbocycles. The summed E-state index contributed by atoms with van der Waals surface area (Å²) < 4.78 is 31.2. The molecular weight excluding hydrogens is 240 g/mol. The van der Waals surface area contributed by atoms with Crippen LogP contribution < -0.4 is 10.5 Å². The average Bonchev–Trinajstić information content (AvgIpc) is 3.11. The second-order valence-electron chi connectivity index (χ2n) is 5.05. The second kappa shape index (κ2) is 5.65. The minimum atomic E-state index is -3.05. The molecule has 0 aromatic rings. The highest BCUT2D eigenvalue weighted by atomic mass is 32.2. The van der Waals surface area contributed by atoms with Gasteiger partial charge in [0.05, 0.1) is 18.0 Å². The van der Waals surface area contributed by atoms with Crippen molar-refractivity contribution in [3.63, 3.8) is 0 Å². The molecule has 17 heavy (non-hydrogen) atoms. The fraction of sp³-hybridized carbons (Fsp3) is 1.00. The number of nitrogens with one attached hydrogen (secondary N) is 1. The number of ether oxygens (including phenoxy) is 1. The van der Waals surface area contributed by atoms with Gasteiger partial charge in [-0.3, -0.25) is 0 Å². The van der Waals surface area contributed by atoms with Crippen LogP contribution in [-0.4, -0.2) is 39.0 Å². The van der Waals surface area contributed by atoms with Gasteiger partial charge in [0.25, 0.3) is 0 Å². The third-order valence-electron chi connectivity index (χ3n) is 3.44. The number of nitrogens with two attached hydrogens (primary N) is 1. The van der Waals surface area contributed by atoms with E-state index in [1.54, 1.807) is 0 Å². The molecule has 5 nitrogen and oxygen atoms in total. The number of rotatable bonds is 6. The van der Waals surface area contributed by atoms with Gasteiger partial charge < -0.3 is 10.5 Å². The van der Waals surface area contributed by atoms with Crippen LogP contribution >= 0.6 is 0 Å². The van der Waals surface area contributed by atoms with E-state index in [4.69, 9.17) is 10.5 Å². The molecule has 0 bridgehead atoms. The van der Waals surface area contributed by atoms with Gasteiger partial charge in [0, 0.05) is 12.6 Å². The molecule has 2 fully saturated rings. The van der Waals surface area contributed by atoms with Gasteiger partial charge in [-0.15, -0.1) is 0 Å². The van der Waals surface area contributed by atoms with Crippen LogP contribution in [0.25, 0.3) is 0 Å². The Bertz CT molecular complexity index is 333. The van der Waals surface area contributed by atoms with E-state index in [0.717, 1.165) is 38.5 Å². The lowest BCUT2D eigenvalue weighted by Gasteiger charge is -2.26. The van der Waals surface area contributed by atoms with Crippen LogP contribution in [0.5, 0.6) is 0 Å². The van der Waals surface area contributed by atoms with E-state index in [9.17, 15) is 8.42 Å². The molecule has 0 unspecified atom stereocenters. The zero-order chi connectivity index (χ0) is 12.3. The van der Waals surface area contributed by atoms with Crippen molar-refractivity contribution in [1.82, 2.24) is 4.72 Å². The second-order valence-corrected chi connectivity index (χ2v) is 7.09. The zero-order valence-corrected chi connectivity index (χ0v) is 10.9. The van der Waals surface area contributed by atoms with Gasteiger partial charge in [0.15, 0.2) is 0 Å². The first kappa shape index (κ1) is 13.3. The first-order valence-corrected chi connectivity index (χ1v) is 7.98. The van der Waals surface area contributed by atoms with Crippen LogP contribution in [0.2, 0.25) is 0 Å². The van der Waals surface area contributed by atoms with Crippen LogP contribution in [-0.2, 0) is 14.8 Å². The number of hydrogen-bond donors (Lipinski definition) is 2. The Hall–Kier alpha value is -0.170. The van der Waals surface area contributed by atoms with Crippen molar-refractivity contribution in [2.45, 2.75) is 55.9 Å². The van der Waals surface area contributed by atoms with E-state index in [2.05, 4.69) is 4.72 Å². The minimum absolute atomic E-state index is 0.143. The SMILES string of the molecule is NC1CCC(OCCNS(=O)(=O)C2CC2)CC1. The Morgan fingerprint density at radius 1 is 1.12 bits per heavy atom. The van der Waals surface area contributed by atoms with Gasteiger partial charge in [-0.05, 0) is 38.5 Å². The Labute approximate surface area is 103 Å². The molecule has 0 radical (unpaired) electrons. The highest BCUT2D eigenvalue weighted by molar-refractivity contribution is 7.90. The van der Waals surface area contributed by atoms with Crippen molar-refractivity contribution in [1.29, 1.82) is 0 Å². The van der Waals surface area contributed by atoms with Crippen LogP contribution in [0.15, 0.2) is 0 Å². The largest absolute Gasteiger partial charge is 0.377 e. The summed E-state index contributed by atoms with van der Waals surface area (Å²) in [5.41, 5.74) is 5.80. The van der Waals surface area contributed by atoms with E-state index in [0.29, 0.717) is 19.2 Å². The predicted octanol–water partition coefficient (Wildman–Crippen LogP) is 0.355. The molecule has 0 aromatic carbocycles. The third-order valence-corrected chi connectivity index (χ3v) is 5.40. The smallest absolute Gasteiger partial charge is 0.214 e. The topological polar surface area (TPSA) is 81.4 Å². The highest BCUT2D eigenvalue weighted by Gasteiger charge is 2.35. The molecule has 0 heterocycles. The summed E-state index contributed by atoms with van der Waals surface area (Å²) in [5, 5.41) is -0.143. The van der Waals surface area contributed by atoms with Crippen molar-refractivity contribution in [2.75, 3.05) is 13.2 Å². The van der Waals surface area contributed by atoms with E-state index in [1.807, 2.05) is 0 Å². The van der Waals surface area contributed by atoms with E-state index < -0.39 is 10.0 Å². The van der Waals surface area contributed by atoms with Crippen LogP contribution in [0, 0.1) is 0 Å². The number of sulfonamides is 1. The maximum atomic E-state index is 11.5. The minimum Gasteiger partial charge on any atom is -0.377 e. The summed E-state index contributed by atoms with van der Waals surface area (Å²) >= 11 is 0. The molecule has 3 N–H and O–H groups in total. The lowest BCUT2D eigenvalue weighted by Crippen LogP contribution is -2.34. The van der Waals surface area contributed by atoms with Gasteiger partial charge in [-0.2, -0.15) is 0 Å². The van der Waals surface area contributed by atoms with E-state index in [1.165, 1.54) is 0 Å². The Morgan fingerprint density at radius 3 is 2.35 bits per heavy atom. The number of hydrogen-bond acceptors (Lipinski definition) is 4. The molecule has 2 aliphatic carbocycles. The maximum Gasteiger partial charge on any atom is 0.214 e. The van der Waals surface area contributed by atoms with E-state index in [-0.39, 0.29) is 11.4 Å². The lowest BCUT2D eigenvalue weighted by atomic mass is 9.94. The van der Waals surface area contributed by atoms with Crippen LogP contribution in [0.1, 0.15) is 38.5 Å². The molecule has 0 saturated heterocycles. The monoisotopic (exact) mass is 262 g/mol. The van der Waals surface area contributed by atoms with Crippen LogP contribution in [0.4, 0.5) is 0 Å². The third kappa shape index (κ3) is 4.21. The molecule has 0 spiro atoms. The lowest BCUT2D eigenvalue weighted by molar-refractivity contribution is 0.0287. The Balaban J connectivity index is 1.57. The quantitative estimate of drug-likeness (QED) is 0.677. The van der Waals surface area contributed by atoms with Crippen molar-refractivity contribution in [2.24, 2.45) is 5.73 Å². The highest BCUT2D eigenvalue weighted by Crippen LogP contribution is 2.27. The van der Waals surface area contributed by atoms with Crippen molar-refractivity contribution in [3.8, 4) is 0 Å². The molecule has 2 aliphatic rings. The molecule has 0 aromatic heterocycles. The molecule has 0 amide bonds. The normalized spacial score (nSPS) is 30.4. The maximum absolute atomic E-state index is 11.5. The first-order valence-electron chi connectivity index (χ1n) is 6.43. The molecule has 0 aliphatic heterocycles. The predicted molar refractivity (Wildman–Crippen MR) is 66.1 cm³/mol. The molecule has 0 atom stereocenters. The molecule has 6 heteroatoms. The average molecular weight is 262 g/mol. The Morgan fingerprint density at radius 2 is 1.76 bits per heavy atom. The van der Waals surface area contributed by atoms with Crippen LogP contribution in [0.3, 0.4) is 0 Å². The van der Waals surface area contributed by atoms with Gasteiger partial charge >= 0.3 is 0 Å². The Kier molecular flexibility index (Phi) is 4.41. The summed E-state index contributed by atoms with van der Waals surface area (Å²) in [6, 6.07) is 0.322.